The van der Waals surface area contributed by atoms with E-state index in [0.29, 0.717) is 12.5 Å². The zero-order valence-electron chi connectivity index (χ0n) is 10.4. The van der Waals surface area contributed by atoms with Crippen LogP contribution in [0.2, 0.25) is 0 Å². The highest BCUT2D eigenvalue weighted by molar-refractivity contribution is 4.71. The Bertz CT molecular complexity index is 200. The minimum Gasteiger partial charge on any atom is -0.371 e. The third-order valence-corrected chi connectivity index (χ3v) is 3.26. The smallest absolute Gasteiger partial charge is 0.371 e. The van der Waals surface area contributed by atoms with Gasteiger partial charge in [0.25, 0.3) is 0 Å². The molecule has 0 radical (unpaired) electrons. The maximum absolute atomic E-state index is 11.7. The first-order valence-electron chi connectivity index (χ1n) is 6.32. The molecule has 102 valence electrons. The average Bonchev–Trinajstić information content (AvgIpc) is 2.24. The Morgan fingerprint density at radius 2 is 1.82 bits per heavy atom. The summed E-state index contributed by atoms with van der Waals surface area (Å²) in [6, 6.07) is 0. The van der Waals surface area contributed by atoms with Crippen molar-refractivity contribution in [3.63, 3.8) is 0 Å². The zero-order chi connectivity index (χ0) is 12.7. The maximum Gasteiger partial charge on any atom is 0.411 e. The molecule has 0 saturated heterocycles. The van der Waals surface area contributed by atoms with Gasteiger partial charge in [-0.15, -0.1) is 0 Å². The molecule has 0 aromatic rings. The van der Waals surface area contributed by atoms with E-state index in [4.69, 9.17) is 0 Å². The summed E-state index contributed by atoms with van der Waals surface area (Å²) >= 11 is 0. The first kappa shape index (κ1) is 14.8. The van der Waals surface area contributed by atoms with Gasteiger partial charge in [0.1, 0.15) is 6.61 Å². The average molecular weight is 253 g/mol. The molecule has 1 aliphatic rings. The van der Waals surface area contributed by atoms with Crippen molar-refractivity contribution in [3.8, 4) is 0 Å². The summed E-state index contributed by atoms with van der Waals surface area (Å²) in [5.41, 5.74) is 0. The van der Waals surface area contributed by atoms with Crippen molar-refractivity contribution >= 4 is 0 Å². The SMILES string of the molecule is CC1CCC(CNCCOCC(F)(F)F)CC1. The molecule has 0 unspecified atom stereocenters. The van der Waals surface area contributed by atoms with Crippen LogP contribution in [0, 0.1) is 11.8 Å². The quantitative estimate of drug-likeness (QED) is 0.735. The predicted octanol–water partition coefficient (Wildman–Crippen LogP) is 2.98. The van der Waals surface area contributed by atoms with Gasteiger partial charge in [0.2, 0.25) is 0 Å². The summed E-state index contributed by atoms with van der Waals surface area (Å²) in [6.45, 7) is 2.66. The van der Waals surface area contributed by atoms with Crippen molar-refractivity contribution in [3.05, 3.63) is 0 Å². The fraction of sp³-hybridized carbons (Fsp3) is 1.00. The first-order chi connectivity index (χ1) is 7.97. The van der Waals surface area contributed by atoms with Crippen LogP contribution in [0.4, 0.5) is 13.2 Å². The van der Waals surface area contributed by atoms with Crippen LogP contribution in [0.1, 0.15) is 32.6 Å². The third kappa shape index (κ3) is 7.60. The molecule has 0 amide bonds. The van der Waals surface area contributed by atoms with E-state index in [-0.39, 0.29) is 6.61 Å². The molecule has 1 N–H and O–H groups in total. The molecular formula is C12H22F3NO. The highest BCUT2D eigenvalue weighted by atomic mass is 19.4. The van der Waals surface area contributed by atoms with Gasteiger partial charge in [0.05, 0.1) is 6.61 Å². The van der Waals surface area contributed by atoms with Gasteiger partial charge in [0.15, 0.2) is 0 Å². The standard InChI is InChI=1S/C12H22F3NO/c1-10-2-4-11(5-3-10)8-16-6-7-17-9-12(13,14)15/h10-11,16H,2-9H2,1H3. The normalized spacial score (nSPS) is 26.1. The molecule has 0 bridgehead atoms. The molecule has 17 heavy (non-hydrogen) atoms. The lowest BCUT2D eigenvalue weighted by atomic mass is 9.83. The van der Waals surface area contributed by atoms with Gasteiger partial charge in [-0.3, -0.25) is 0 Å². The van der Waals surface area contributed by atoms with E-state index in [9.17, 15) is 13.2 Å². The van der Waals surface area contributed by atoms with E-state index in [0.717, 1.165) is 12.5 Å². The number of alkyl halides is 3. The molecule has 5 heteroatoms. The summed E-state index contributed by atoms with van der Waals surface area (Å²) in [7, 11) is 0. The van der Waals surface area contributed by atoms with Crippen LogP contribution in [-0.2, 0) is 4.74 Å². The van der Waals surface area contributed by atoms with Crippen LogP contribution in [0.5, 0.6) is 0 Å². The zero-order valence-corrected chi connectivity index (χ0v) is 10.4. The number of nitrogens with one attached hydrogen (secondary N) is 1. The van der Waals surface area contributed by atoms with Crippen LogP contribution in [0.15, 0.2) is 0 Å². The van der Waals surface area contributed by atoms with Gasteiger partial charge in [-0.05, 0) is 31.2 Å². The molecule has 1 fully saturated rings. The van der Waals surface area contributed by atoms with E-state index >= 15 is 0 Å². The van der Waals surface area contributed by atoms with E-state index in [1.807, 2.05) is 0 Å². The number of ether oxygens (including phenoxy) is 1. The van der Waals surface area contributed by atoms with Crippen LogP contribution in [0.3, 0.4) is 0 Å². The summed E-state index contributed by atoms with van der Waals surface area (Å²) < 4.78 is 39.8. The Kier molecular flexibility index (Phi) is 6.27. The van der Waals surface area contributed by atoms with Gasteiger partial charge in [0, 0.05) is 6.54 Å². The Labute approximate surface area is 101 Å². The van der Waals surface area contributed by atoms with Gasteiger partial charge < -0.3 is 10.1 Å². The fourth-order valence-corrected chi connectivity index (χ4v) is 2.17. The van der Waals surface area contributed by atoms with Crippen molar-refractivity contribution in [2.45, 2.75) is 38.8 Å². The maximum atomic E-state index is 11.7. The first-order valence-corrected chi connectivity index (χ1v) is 6.32. The number of halogens is 3. The second-order valence-corrected chi connectivity index (χ2v) is 5.00. The topological polar surface area (TPSA) is 21.3 Å². The highest BCUT2D eigenvalue weighted by Crippen LogP contribution is 2.27. The molecule has 1 rings (SSSR count). The fourth-order valence-electron chi connectivity index (χ4n) is 2.17. The van der Waals surface area contributed by atoms with Crippen molar-refractivity contribution < 1.29 is 17.9 Å². The summed E-state index contributed by atoms with van der Waals surface area (Å²) in [4.78, 5) is 0. The van der Waals surface area contributed by atoms with E-state index in [1.54, 1.807) is 0 Å². The largest absolute Gasteiger partial charge is 0.411 e. The van der Waals surface area contributed by atoms with Crippen molar-refractivity contribution in [2.24, 2.45) is 11.8 Å². The van der Waals surface area contributed by atoms with Gasteiger partial charge in [-0.2, -0.15) is 13.2 Å². The third-order valence-electron chi connectivity index (χ3n) is 3.26. The second kappa shape index (κ2) is 7.21. The summed E-state index contributed by atoms with van der Waals surface area (Å²) in [6.07, 6.45) is 0.808. The Balaban J connectivity index is 1.91. The monoisotopic (exact) mass is 253 g/mol. The molecule has 0 aromatic heterocycles. The molecule has 2 nitrogen and oxygen atoms in total. The lowest BCUT2D eigenvalue weighted by Gasteiger charge is -2.26. The molecule has 1 saturated carbocycles. The van der Waals surface area contributed by atoms with Gasteiger partial charge in [-0.25, -0.2) is 0 Å². The summed E-state index contributed by atoms with van der Waals surface area (Å²) in [5, 5.41) is 3.16. The van der Waals surface area contributed by atoms with Gasteiger partial charge >= 0.3 is 6.18 Å². The lowest BCUT2D eigenvalue weighted by Crippen LogP contribution is -2.29. The highest BCUT2D eigenvalue weighted by Gasteiger charge is 2.27. The van der Waals surface area contributed by atoms with Crippen molar-refractivity contribution in [1.29, 1.82) is 0 Å². The van der Waals surface area contributed by atoms with Crippen LogP contribution in [0.25, 0.3) is 0 Å². The van der Waals surface area contributed by atoms with Crippen LogP contribution < -0.4 is 5.32 Å². The van der Waals surface area contributed by atoms with E-state index in [1.165, 1.54) is 25.7 Å². The van der Waals surface area contributed by atoms with Crippen molar-refractivity contribution in [2.75, 3.05) is 26.3 Å². The molecule has 1 aliphatic carbocycles. The van der Waals surface area contributed by atoms with E-state index < -0.39 is 12.8 Å². The summed E-state index contributed by atoms with van der Waals surface area (Å²) in [5.74, 6) is 1.52. The number of hydrogen-bond acceptors (Lipinski definition) is 2. The molecule has 0 aromatic carbocycles. The number of rotatable bonds is 6. The molecule has 0 atom stereocenters. The minimum atomic E-state index is -4.21. The Morgan fingerprint density at radius 1 is 1.18 bits per heavy atom. The molecule has 0 heterocycles. The predicted molar refractivity (Wildman–Crippen MR) is 60.9 cm³/mol. The Hall–Kier alpha value is -0.290. The van der Waals surface area contributed by atoms with Gasteiger partial charge in [-0.1, -0.05) is 19.8 Å². The van der Waals surface area contributed by atoms with Crippen LogP contribution in [-0.4, -0.2) is 32.5 Å². The second-order valence-electron chi connectivity index (χ2n) is 5.00. The molecular weight excluding hydrogens is 231 g/mol. The van der Waals surface area contributed by atoms with Crippen molar-refractivity contribution in [1.82, 2.24) is 5.32 Å². The minimum absolute atomic E-state index is 0.128. The Morgan fingerprint density at radius 3 is 2.41 bits per heavy atom. The molecule has 0 aliphatic heterocycles. The molecule has 0 spiro atoms. The van der Waals surface area contributed by atoms with Crippen LogP contribution >= 0.6 is 0 Å². The number of hydrogen-bond donors (Lipinski definition) is 1. The van der Waals surface area contributed by atoms with E-state index in [2.05, 4.69) is 17.0 Å². The lowest BCUT2D eigenvalue weighted by molar-refractivity contribution is -0.173.